The van der Waals surface area contributed by atoms with Gasteiger partial charge in [0.05, 0.1) is 12.2 Å². The second-order valence-electron chi connectivity index (χ2n) is 10.5. The number of ether oxygens (including phenoxy) is 1. The average molecular weight is 661 g/mol. The molecule has 0 bridgehead atoms. The molecule has 0 radical (unpaired) electrons. The Morgan fingerprint density at radius 3 is 2.22 bits per heavy atom. The number of nitrogens with zero attached hydrogens (tertiary/aromatic N) is 3. The van der Waals surface area contributed by atoms with Gasteiger partial charge in [0, 0.05) is 35.8 Å². The molecule has 1 saturated heterocycles. The van der Waals surface area contributed by atoms with Gasteiger partial charge in [-0.3, -0.25) is 14.7 Å². The zero-order valence-corrected chi connectivity index (χ0v) is 24.6. The molecule has 2 aromatic heterocycles. The van der Waals surface area contributed by atoms with Gasteiger partial charge < -0.3 is 15.2 Å². The summed E-state index contributed by atoms with van der Waals surface area (Å²) in [5.74, 6) is -0.739. The number of amides is 3. The average Bonchev–Trinajstić information content (AvgIpc) is 3.16. The van der Waals surface area contributed by atoms with Gasteiger partial charge in [-0.05, 0) is 43.2 Å². The Balaban J connectivity index is 1.59. The second kappa shape index (κ2) is 11.6. The summed E-state index contributed by atoms with van der Waals surface area (Å²) in [7, 11) is -3.61. The van der Waals surface area contributed by atoms with Crippen molar-refractivity contribution >= 4 is 21.8 Å². The Labute approximate surface area is 253 Å². The highest BCUT2D eigenvalue weighted by Gasteiger charge is 2.71. The molecule has 3 heterocycles. The van der Waals surface area contributed by atoms with E-state index in [9.17, 15) is 49.5 Å². The van der Waals surface area contributed by atoms with Crippen molar-refractivity contribution in [1.29, 1.82) is 0 Å². The first-order chi connectivity index (χ1) is 20.7. The topological polar surface area (TPSA) is 139 Å². The summed E-state index contributed by atoms with van der Waals surface area (Å²) < 4.78 is 110. The Bertz CT molecular complexity index is 1720. The lowest BCUT2D eigenvalue weighted by Gasteiger charge is -2.33. The summed E-state index contributed by atoms with van der Waals surface area (Å²) >= 11 is 0. The number of imide groups is 1. The SMILES string of the molecule is CCCc1cc(C(O)(C(F)(F)F)C(F)(F)F)ccc1Oc1ccnc(CN2C(=O)NC(C)(c3ccc(S(C)(=O)=O)nc3)C2=O)c1. The molecule has 3 amide bonds. The smallest absolute Gasteiger partial charge is 0.430 e. The van der Waals surface area contributed by atoms with Crippen LogP contribution in [0.1, 0.15) is 42.7 Å². The van der Waals surface area contributed by atoms with E-state index >= 15 is 0 Å². The minimum Gasteiger partial charge on any atom is -0.457 e. The molecule has 1 fully saturated rings. The lowest BCUT2D eigenvalue weighted by Crippen LogP contribution is -2.53. The van der Waals surface area contributed by atoms with Crippen molar-refractivity contribution in [3.63, 3.8) is 0 Å². The summed E-state index contributed by atoms with van der Waals surface area (Å²) in [4.78, 5) is 34.9. The summed E-state index contributed by atoms with van der Waals surface area (Å²) in [6.07, 6.45) is -8.40. The molecule has 2 N–H and O–H groups in total. The van der Waals surface area contributed by atoms with Crippen LogP contribution in [0, 0.1) is 0 Å². The molecule has 1 aliphatic heterocycles. The Morgan fingerprint density at radius 2 is 1.67 bits per heavy atom. The number of hydrogen-bond donors (Lipinski definition) is 2. The van der Waals surface area contributed by atoms with Gasteiger partial charge in [-0.1, -0.05) is 25.5 Å². The van der Waals surface area contributed by atoms with Crippen LogP contribution in [0.5, 0.6) is 11.5 Å². The number of aliphatic hydroxyl groups is 1. The lowest BCUT2D eigenvalue weighted by atomic mass is 9.90. The third kappa shape index (κ3) is 6.31. The summed E-state index contributed by atoms with van der Waals surface area (Å²) in [6.45, 7) is 2.70. The maximum atomic E-state index is 13.4. The van der Waals surface area contributed by atoms with E-state index in [0.29, 0.717) is 18.6 Å². The molecule has 1 atom stereocenters. The van der Waals surface area contributed by atoms with Crippen molar-refractivity contribution in [3.05, 3.63) is 77.2 Å². The fourth-order valence-corrected chi connectivity index (χ4v) is 5.24. The highest BCUT2D eigenvalue weighted by Crippen LogP contribution is 2.50. The van der Waals surface area contributed by atoms with Crippen LogP contribution in [0.2, 0.25) is 0 Å². The molecule has 0 saturated carbocycles. The molecule has 10 nitrogen and oxygen atoms in total. The molecule has 4 rings (SSSR count). The number of nitrogens with one attached hydrogen (secondary N) is 1. The molecule has 1 aromatic carbocycles. The van der Waals surface area contributed by atoms with Crippen LogP contribution in [0.3, 0.4) is 0 Å². The highest BCUT2D eigenvalue weighted by atomic mass is 32.2. The van der Waals surface area contributed by atoms with Gasteiger partial charge >= 0.3 is 18.4 Å². The number of sulfone groups is 1. The number of halogens is 6. The van der Waals surface area contributed by atoms with Gasteiger partial charge in [-0.15, -0.1) is 0 Å². The van der Waals surface area contributed by atoms with E-state index in [-0.39, 0.29) is 46.3 Å². The molecule has 1 aliphatic rings. The van der Waals surface area contributed by atoms with Crippen LogP contribution in [0.15, 0.2) is 59.9 Å². The fourth-order valence-electron chi connectivity index (χ4n) is 4.68. The quantitative estimate of drug-likeness (QED) is 0.244. The molecular formula is C28H26F6N4O6S. The van der Waals surface area contributed by atoms with E-state index < -0.39 is 50.8 Å². The standard InChI is InChI=1S/C28H26F6N4O6S/c1-4-5-16-12-17(26(41,27(29,30)31)28(32,33)34)6-8-21(16)44-20-10-11-35-19(13-20)15-38-23(39)25(2,37-24(38)40)18-7-9-22(36-14-18)45(3,42)43/h6-14,41H,4-5,15H2,1-3H3,(H,37,40). The number of pyridine rings is 2. The van der Waals surface area contributed by atoms with Gasteiger partial charge in [0.2, 0.25) is 0 Å². The Hall–Kier alpha value is -4.25. The number of benzene rings is 1. The second-order valence-corrected chi connectivity index (χ2v) is 12.4. The van der Waals surface area contributed by atoms with Crippen LogP contribution < -0.4 is 10.1 Å². The van der Waals surface area contributed by atoms with Gasteiger partial charge in [0.15, 0.2) is 14.9 Å². The van der Waals surface area contributed by atoms with Crippen LogP contribution in [0.25, 0.3) is 0 Å². The molecule has 17 heteroatoms. The van der Waals surface area contributed by atoms with Crippen molar-refractivity contribution in [2.24, 2.45) is 0 Å². The maximum absolute atomic E-state index is 13.4. The van der Waals surface area contributed by atoms with Crippen molar-refractivity contribution < 1.29 is 54.2 Å². The number of aryl methyl sites for hydroxylation is 1. The Kier molecular flexibility index (Phi) is 8.67. The number of carbonyl (C=O) groups excluding carboxylic acids is 2. The minimum absolute atomic E-state index is 0.00790. The first-order valence-corrected chi connectivity index (χ1v) is 15.0. The van der Waals surface area contributed by atoms with Gasteiger partial charge in [-0.2, -0.15) is 26.3 Å². The number of urea groups is 1. The molecule has 242 valence electrons. The van der Waals surface area contributed by atoms with Gasteiger partial charge in [0.1, 0.15) is 17.0 Å². The predicted octanol–water partition coefficient (Wildman–Crippen LogP) is 4.90. The van der Waals surface area contributed by atoms with Crippen LogP contribution in [0.4, 0.5) is 31.1 Å². The third-order valence-electron chi connectivity index (χ3n) is 7.12. The lowest BCUT2D eigenvalue weighted by molar-refractivity contribution is -0.376. The zero-order valence-electron chi connectivity index (χ0n) is 23.8. The fraction of sp³-hybridized carbons (Fsp3) is 0.357. The maximum Gasteiger partial charge on any atom is 0.430 e. The van der Waals surface area contributed by atoms with Crippen molar-refractivity contribution in [1.82, 2.24) is 20.2 Å². The zero-order chi connectivity index (χ0) is 33.6. The molecule has 0 aliphatic carbocycles. The van der Waals surface area contributed by atoms with Crippen LogP contribution in [-0.4, -0.2) is 58.9 Å². The normalized spacial score (nSPS) is 17.9. The summed E-state index contributed by atoms with van der Waals surface area (Å²) in [5, 5.41) is 12.1. The number of hydrogen-bond acceptors (Lipinski definition) is 8. The van der Waals surface area contributed by atoms with Gasteiger partial charge in [-0.25, -0.2) is 18.2 Å². The Morgan fingerprint density at radius 1 is 1.00 bits per heavy atom. The van der Waals surface area contributed by atoms with E-state index in [1.54, 1.807) is 6.92 Å². The number of aromatic nitrogens is 2. The monoisotopic (exact) mass is 660 g/mol. The minimum atomic E-state index is -6.05. The summed E-state index contributed by atoms with van der Waals surface area (Å²) in [5.41, 5.74) is -7.79. The van der Waals surface area contributed by atoms with Crippen LogP contribution >= 0.6 is 0 Å². The molecule has 45 heavy (non-hydrogen) atoms. The van der Waals surface area contributed by atoms with E-state index in [1.165, 1.54) is 37.4 Å². The van der Waals surface area contributed by atoms with Crippen LogP contribution in [-0.2, 0) is 38.7 Å². The van der Waals surface area contributed by atoms with Gasteiger partial charge in [0.25, 0.3) is 11.5 Å². The number of carbonyl (C=O) groups is 2. The first kappa shape index (κ1) is 33.6. The van der Waals surface area contributed by atoms with Crippen molar-refractivity contribution in [2.45, 2.75) is 61.8 Å². The largest absolute Gasteiger partial charge is 0.457 e. The predicted molar refractivity (Wildman–Crippen MR) is 145 cm³/mol. The number of alkyl halides is 6. The van der Waals surface area contributed by atoms with E-state index in [4.69, 9.17) is 4.74 Å². The van der Waals surface area contributed by atoms with Crippen molar-refractivity contribution in [2.75, 3.05) is 6.26 Å². The van der Waals surface area contributed by atoms with Crippen molar-refractivity contribution in [3.8, 4) is 11.5 Å². The molecular weight excluding hydrogens is 634 g/mol. The molecule has 0 spiro atoms. The third-order valence-corrected chi connectivity index (χ3v) is 8.12. The highest BCUT2D eigenvalue weighted by molar-refractivity contribution is 7.90. The molecule has 1 unspecified atom stereocenters. The summed E-state index contributed by atoms with van der Waals surface area (Å²) in [6, 6.07) is 6.38. The van der Waals surface area contributed by atoms with E-state index in [2.05, 4.69) is 15.3 Å². The van der Waals surface area contributed by atoms with E-state index in [0.717, 1.165) is 23.4 Å². The van der Waals surface area contributed by atoms with E-state index in [1.807, 2.05) is 0 Å². The first-order valence-electron chi connectivity index (χ1n) is 13.1. The number of rotatable bonds is 9. The molecule has 3 aromatic rings.